The topological polar surface area (TPSA) is 38.8 Å². The van der Waals surface area contributed by atoms with E-state index in [0.717, 1.165) is 37.1 Å². The molecule has 150 valence electrons. The summed E-state index contributed by atoms with van der Waals surface area (Å²) < 4.78 is 12.5. The van der Waals surface area contributed by atoms with Crippen LogP contribution in [0.1, 0.15) is 73.6 Å². The number of amides is 1. The highest BCUT2D eigenvalue weighted by molar-refractivity contribution is 9.09. The molecule has 1 heterocycles. The molecular weight excluding hydrogens is 394 g/mol. The van der Waals surface area contributed by atoms with E-state index in [4.69, 9.17) is 9.47 Å². The number of carbonyl (C=O) groups excluding carboxylic acids is 1. The molecule has 0 aromatic rings. The molecule has 0 radical (unpaired) electrons. The number of likely N-dealkylation sites (tertiary alicyclic amines) is 1. The molecular formula is C21H36BrNO3. The normalized spacial score (nSPS) is 39.3. The molecule has 1 aliphatic heterocycles. The predicted molar refractivity (Wildman–Crippen MR) is 108 cm³/mol. The molecule has 2 bridgehead atoms. The zero-order valence-electron chi connectivity index (χ0n) is 17.4. The fraction of sp³-hybridized carbons (Fsp3) is 0.952. The first-order valence-corrected chi connectivity index (χ1v) is 11.3. The Bertz CT molecular complexity index is 558. The van der Waals surface area contributed by atoms with Crippen LogP contribution in [0.5, 0.6) is 0 Å². The van der Waals surface area contributed by atoms with E-state index in [1.807, 2.05) is 25.7 Å². The van der Waals surface area contributed by atoms with Gasteiger partial charge in [-0.25, -0.2) is 4.79 Å². The summed E-state index contributed by atoms with van der Waals surface area (Å²) in [5.74, 6) is 0.760. The van der Waals surface area contributed by atoms with Gasteiger partial charge in [0.05, 0.1) is 18.2 Å². The van der Waals surface area contributed by atoms with E-state index in [0.29, 0.717) is 12.0 Å². The maximum absolute atomic E-state index is 12.6. The number of nitrogens with zero attached hydrogens (tertiary/aromatic N) is 1. The minimum atomic E-state index is -0.464. The quantitative estimate of drug-likeness (QED) is 0.564. The molecule has 4 nitrogen and oxygen atoms in total. The molecule has 4 unspecified atom stereocenters. The van der Waals surface area contributed by atoms with Gasteiger partial charge in [0.25, 0.3) is 0 Å². The fourth-order valence-electron chi connectivity index (χ4n) is 5.43. The van der Waals surface area contributed by atoms with Crippen LogP contribution in [0.25, 0.3) is 0 Å². The van der Waals surface area contributed by atoms with Gasteiger partial charge in [-0.05, 0) is 69.6 Å². The highest BCUT2D eigenvalue weighted by Crippen LogP contribution is 2.66. The number of hydrogen-bond donors (Lipinski definition) is 0. The predicted octanol–water partition coefficient (Wildman–Crippen LogP) is 5.38. The zero-order chi connectivity index (χ0) is 19.4. The third kappa shape index (κ3) is 3.43. The Kier molecular flexibility index (Phi) is 5.23. The van der Waals surface area contributed by atoms with E-state index in [9.17, 15) is 4.79 Å². The summed E-state index contributed by atoms with van der Waals surface area (Å²) in [6.07, 6.45) is 5.76. The number of alkyl halides is 1. The molecule has 0 aromatic heterocycles. The summed E-state index contributed by atoms with van der Waals surface area (Å²) in [5, 5.41) is 0.761. The van der Waals surface area contributed by atoms with Crippen LogP contribution in [0.2, 0.25) is 0 Å². The second-order valence-electron chi connectivity index (χ2n) is 10.5. The smallest absolute Gasteiger partial charge is 0.410 e. The van der Waals surface area contributed by atoms with Gasteiger partial charge in [0.2, 0.25) is 0 Å². The molecule has 3 aliphatic rings. The lowest BCUT2D eigenvalue weighted by Gasteiger charge is -2.47. The summed E-state index contributed by atoms with van der Waals surface area (Å²) in [5.41, 5.74) is -0.191. The van der Waals surface area contributed by atoms with Gasteiger partial charge in [-0.3, -0.25) is 0 Å². The third-order valence-corrected chi connectivity index (χ3v) is 8.56. The first kappa shape index (κ1) is 20.4. The lowest BCUT2D eigenvalue weighted by molar-refractivity contribution is -0.153. The zero-order valence-corrected chi connectivity index (χ0v) is 18.9. The van der Waals surface area contributed by atoms with Crippen molar-refractivity contribution in [2.75, 3.05) is 18.4 Å². The third-order valence-electron chi connectivity index (χ3n) is 7.54. The second-order valence-corrected chi connectivity index (χ2v) is 11.1. The van der Waals surface area contributed by atoms with Crippen molar-refractivity contribution in [2.24, 2.45) is 16.7 Å². The minimum absolute atomic E-state index is 0.217. The summed E-state index contributed by atoms with van der Waals surface area (Å²) in [7, 11) is 0. The van der Waals surface area contributed by atoms with Crippen molar-refractivity contribution in [1.29, 1.82) is 0 Å². The molecule has 4 atom stereocenters. The highest BCUT2D eigenvalue weighted by Gasteiger charge is 2.63. The van der Waals surface area contributed by atoms with E-state index in [1.54, 1.807) is 0 Å². The Morgan fingerprint density at radius 1 is 1.23 bits per heavy atom. The minimum Gasteiger partial charge on any atom is -0.444 e. The maximum atomic E-state index is 12.6. The number of rotatable bonds is 3. The van der Waals surface area contributed by atoms with Crippen molar-refractivity contribution >= 4 is 22.0 Å². The number of piperidine rings is 1. The van der Waals surface area contributed by atoms with E-state index >= 15 is 0 Å². The number of carbonyl (C=O) groups is 1. The van der Waals surface area contributed by atoms with Gasteiger partial charge in [0.1, 0.15) is 5.60 Å². The largest absolute Gasteiger partial charge is 0.444 e. The summed E-state index contributed by atoms with van der Waals surface area (Å²) >= 11 is 3.71. The van der Waals surface area contributed by atoms with Gasteiger partial charge in [0, 0.05) is 11.9 Å². The lowest BCUT2D eigenvalue weighted by Crippen LogP contribution is -2.56. The number of ether oxygens (including phenoxy) is 2. The highest BCUT2D eigenvalue weighted by atomic mass is 79.9. The van der Waals surface area contributed by atoms with E-state index in [2.05, 4.69) is 36.7 Å². The molecule has 0 N–H and O–H groups in total. The van der Waals surface area contributed by atoms with Crippen LogP contribution >= 0.6 is 15.9 Å². The van der Waals surface area contributed by atoms with E-state index < -0.39 is 5.60 Å². The second kappa shape index (κ2) is 6.65. The molecule has 26 heavy (non-hydrogen) atoms. The summed E-state index contributed by atoms with van der Waals surface area (Å²) in [6.45, 7) is 14.4. The van der Waals surface area contributed by atoms with Crippen LogP contribution < -0.4 is 0 Å². The number of halogens is 1. The monoisotopic (exact) mass is 429 g/mol. The first-order chi connectivity index (χ1) is 11.9. The number of hydrogen-bond acceptors (Lipinski definition) is 3. The average Bonchev–Trinajstić information content (AvgIpc) is 2.87. The molecule has 0 spiro atoms. The van der Waals surface area contributed by atoms with E-state index in [1.165, 1.54) is 12.8 Å². The molecule has 2 aliphatic carbocycles. The van der Waals surface area contributed by atoms with Crippen LogP contribution in [0.3, 0.4) is 0 Å². The number of fused-ring (bicyclic) bond motifs is 2. The fourth-order valence-corrected chi connectivity index (χ4v) is 6.02. The van der Waals surface area contributed by atoms with Gasteiger partial charge >= 0.3 is 6.09 Å². The first-order valence-electron chi connectivity index (χ1n) is 10.1. The van der Waals surface area contributed by atoms with Gasteiger partial charge in [-0.1, -0.05) is 36.7 Å². The summed E-state index contributed by atoms with van der Waals surface area (Å²) in [6, 6.07) is 0. The van der Waals surface area contributed by atoms with Gasteiger partial charge in [-0.2, -0.15) is 0 Å². The Morgan fingerprint density at radius 3 is 2.42 bits per heavy atom. The Morgan fingerprint density at radius 2 is 1.92 bits per heavy atom. The van der Waals surface area contributed by atoms with Crippen LogP contribution in [0, 0.1) is 16.7 Å². The standard InChI is InChI=1S/C21H36BrNO3/c1-18(2,3)26-17(24)23-11-7-9-21(13-22,14-23)25-16-12-15-8-10-20(16,6)19(15,4)5/h15-16H,7-14H2,1-6H3. The Balaban J connectivity index is 1.72. The van der Waals surface area contributed by atoms with Crippen molar-refractivity contribution in [1.82, 2.24) is 4.90 Å². The molecule has 2 saturated carbocycles. The molecule has 1 saturated heterocycles. The van der Waals surface area contributed by atoms with E-state index in [-0.39, 0.29) is 23.2 Å². The molecule has 1 amide bonds. The van der Waals surface area contributed by atoms with Crippen LogP contribution in [0.15, 0.2) is 0 Å². The maximum Gasteiger partial charge on any atom is 0.410 e. The van der Waals surface area contributed by atoms with Crippen molar-refractivity contribution in [3.63, 3.8) is 0 Å². The van der Waals surface area contributed by atoms with Gasteiger partial charge in [-0.15, -0.1) is 0 Å². The average molecular weight is 430 g/mol. The lowest BCUT2D eigenvalue weighted by atomic mass is 9.70. The van der Waals surface area contributed by atoms with Crippen molar-refractivity contribution in [3.05, 3.63) is 0 Å². The Hall–Kier alpha value is -0.290. The van der Waals surface area contributed by atoms with Crippen LogP contribution in [0.4, 0.5) is 4.79 Å². The molecule has 3 rings (SSSR count). The van der Waals surface area contributed by atoms with Crippen molar-refractivity contribution < 1.29 is 14.3 Å². The SMILES string of the molecule is CC(C)(C)OC(=O)N1CCCC(CBr)(OC2CC3CCC2(C)C3(C)C)C1. The molecule has 5 heteroatoms. The van der Waals surface area contributed by atoms with Crippen molar-refractivity contribution in [3.8, 4) is 0 Å². The Labute approximate surface area is 167 Å². The van der Waals surface area contributed by atoms with Gasteiger partial charge < -0.3 is 14.4 Å². The van der Waals surface area contributed by atoms with Crippen LogP contribution in [-0.4, -0.2) is 46.7 Å². The van der Waals surface area contributed by atoms with Crippen molar-refractivity contribution in [2.45, 2.75) is 91.0 Å². The molecule has 3 fully saturated rings. The molecule has 0 aromatic carbocycles. The van der Waals surface area contributed by atoms with Crippen LogP contribution in [-0.2, 0) is 9.47 Å². The summed E-state index contributed by atoms with van der Waals surface area (Å²) in [4.78, 5) is 14.4. The van der Waals surface area contributed by atoms with Gasteiger partial charge in [0.15, 0.2) is 0 Å².